The van der Waals surface area contributed by atoms with E-state index in [1.807, 2.05) is 30.5 Å². The zero-order valence-electron chi connectivity index (χ0n) is 16.4. The van der Waals surface area contributed by atoms with Gasteiger partial charge in [-0.05, 0) is 55.5 Å². The van der Waals surface area contributed by atoms with E-state index in [1.54, 1.807) is 0 Å². The van der Waals surface area contributed by atoms with Crippen LogP contribution in [0.15, 0.2) is 47.6 Å². The van der Waals surface area contributed by atoms with Crippen LogP contribution in [0.1, 0.15) is 44.2 Å². The molecule has 0 spiro atoms. The molecule has 1 aromatic heterocycles. The molecule has 0 amide bonds. The van der Waals surface area contributed by atoms with Crippen LogP contribution in [-0.4, -0.2) is 30.5 Å². The minimum absolute atomic E-state index is 0.593. The molecule has 27 heavy (non-hydrogen) atoms. The molecule has 2 aromatic rings. The highest BCUT2D eigenvalue weighted by Crippen LogP contribution is 2.20. The number of nitrogens with zero attached hydrogens (tertiary/aromatic N) is 2. The zero-order valence-corrected chi connectivity index (χ0v) is 16.4. The molecule has 5 nitrogen and oxygen atoms in total. The Balaban J connectivity index is 1.52. The molecule has 1 aromatic carbocycles. The van der Waals surface area contributed by atoms with Crippen LogP contribution in [0.3, 0.4) is 0 Å². The second-order valence-corrected chi connectivity index (χ2v) is 7.35. The highest BCUT2D eigenvalue weighted by atomic mass is 16.5. The molecule has 0 atom stereocenters. The first-order chi connectivity index (χ1) is 13.2. The third-order valence-corrected chi connectivity index (χ3v) is 4.53. The van der Waals surface area contributed by atoms with Crippen LogP contribution < -0.4 is 15.4 Å². The van der Waals surface area contributed by atoms with Gasteiger partial charge in [0.15, 0.2) is 0 Å². The van der Waals surface area contributed by atoms with Gasteiger partial charge in [0.1, 0.15) is 11.6 Å². The number of hydrogen-bond donors (Lipinski definition) is 2. The molecule has 5 heteroatoms. The Bertz CT molecular complexity index is 723. The van der Waals surface area contributed by atoms with Crippen molar-refractivity contribution < 1.29 is 4.74 Å². The number of amidine groups is 1. The fraction of sp³-hybridized carbons (Fsp3) is 0.455. The van der Waals surface area contributed by atoms with Crippen molar-refractivity contribution >= 4 is 5.84 Å². The Morgan fingerprint density at radius 3 is 2.70 bits per heavy atom. The van der Waals surface area contributed by atoms with Crippen LogP contribution in [0.4, 0.5) is 0 Å². The highest BCUT2D eigenvalue weighted by Gasteiger charge is 2.07. The van der Waals surface area contributed by atoms with E-state index in [-0.39, 0.29) is 0 Å². The van der Waals surface area contributed by atoms with E-state index >= 15 is 0 Å². The van der Waals surface area contributed by atoms with Crippen LogP contribution in [0.25, 0.3) is 0 Å². The first-order valence-electron chi connectivity index (χ1n) is 9.93. The van der Waals surface area contributed by atoms with Crippen molar-refractivity contribution in [2.75, 3.05) is 19.6 Å². The molecule has 0 radical (unpaired) electrons. The normalized spacial score (nSPS) is 14.4. The van der Waals surface area contributed by atoms with Crippen molar-refractivity contribution in [2.24, 2.45) is 10.9 Å². The van der Waals surface area contributed by atoms with E-state index in [2.05, 4.69) is 46.6 Å². The predicted molar refractivity (Wildman–Crippen MR) is 111 cm³/mol. The van der Waals surface area contributed by atoms with Gasteiger partial charge in [0, 0.05) is 37.5 Å². The fourth-order valence-corrected chi connectivity index (χ4v) is 2.88. The predicted octanol–water partition coefficient (Wildman–Crippen LogP) is 4.14. The number of benzene rings is 1. The summed E-state index contributed by atoms with van der Waals surface area (Å²) in [5.74, 6) is 3.06. The summed E-state index contributed by atoms with van der Waals surface area (Å²) in [6.07, 6.45) is 5.31. The Kier molecular flexibility index (Phi) is 7.22. The molecule has 144 valence electrons. The number of ether oxygens (including phenoxy) is 1. The molecule has 3 rings (SSSR count). The quantitative estimate of drug-likeness (QED) is 0.690. The topological polar surface area (TPSA) is 58.5 Å². The van der Waals surface area contributed by atoms with Gasteiger partial charge >= 0.3 is 0 Å². The first-order valence-corrected chi connectivity index (χ1v) is 9.93. The molecule has 0 aliphatic carbocycles. The van der Waals surface area contributed by atoms with Crippen LogP contribution >= 0.6 is 0 Å². The van der Waals surface area contributed by atoms with Gasteiger partial charge in [-0.15, -0.1) is 0 Å². The number of aromatic nitrogens is 1. The lowest BCUT2D eigenvalue weighted by Crippen LogP contribution is -2.24. The van der Waals surface area contributed by atoms with Crippen LogP contribution in [0.5, 0.6) is 11.6 Å². The number of pyridine rings is 1. The second-order valence-electron chi connectivity index (χ2n) is 7.35. The average molecular weight is 367 g/mol. The third-order valence-electron chi connectivity index (χ3n) is 4.53. The third kappa shape index (κ3) is 6.36. The van der Waals surface area contributed by atoms with Gasteiger partial charge in [-0.3, -0.25) is 4.99 Å². The second kappa shape index (κ2) is 10.1. The molecule has 0 fully saturated rings. The zero-order chi connectivity index (χ0) is 18.9. The van der Waals surface area contributed by atoms with Gasteiger partial charge in [-0.25, -0.2) is 4.98 Å². The largest absolute Gasteiger partial charge is 0.439 e. The van der Waals surface area contributed by atoms with Gasteiger partial charge in [-0.1, -0.05) is 26.0 Å². The van der Waals surface area contributed by atoms with E-state index in [0.29, 0.717) is 5.88 Å². The van der Waals surface area contributed by atoms with E-state index in [0.717, 1.165) is 62.1 Å². The molecule has 2 heterocycles. The minimum Gasteiger partial charge on any atom is -0.439 e. The van der Waals surface area contributed by atoms with Crippen molar-refractivity contribution in [3.05, 3.63) is 53.7 Å². The van der Waals surface area contributed by atoms with Crippen LogP contribution in [0.2, 0.25) is 0 Å². The molecule has 0 saturated heterocycles. The van der Waals surface area contributed by atoms with E-state index in [4.69, 9.17) is 4.74 Å². The van der Waals surface area contributed by atoms with Crippen molar-refractivity contribution in [3.63, 3.8) is 0 Å². The lowest BCUT2D eigenvalue weighted by atomic mass is 10.1. The van der Waals surface area contributed by atoms with Crippen molar-refractivity contribution in [3.8, 4) is 11.6 Å². The SMILES string of the molecule is CC(C)CCNCc1ccc(Oc2ccc(C3=NCCCCN3)cn2)cc1. The maximum absolute atomic E-state index is 5.87. The van der Waals surface area contributed by atoms with Crippen molar-refractivity contribution in [2.45, 2.75) is 39.7 Å². The summed E-state index contributed by atoms with van der Waals surface area (Å²) < 4.78 is 5.87. The van der Waals surface area contributed by atoms with Gasteiger partial charge < -0.3 is 15.4 Å². The van der Waals surface area contributed by atoms with E-state index in [1.165, 1.54) is 12.0 Å². The Hall–Kier alpha value is -2.40. The standard InChI is InChI=1S/C22H30N4O/c1-17(2)11-14-23-15-18-5-8-20(9-6-18)27-21-10-7-19(16-26-21)22-24-12-3-4-13-25-22/h5-10,16-17,23H,3-4,11-15H2,1-2H3,(H,24,25). The summed E-state index contributed by atoms with van der Waals surface area (Å²) in [6, 6.07) is 12.1. The van der Waals surface area contributed by atoms with Gasteiger partial charge in [0.05, 0.1) is 0 Å². The smallest absolute Gasteiger partial charge is 0.219 e. The van der Waals surface area contributed by atoms with E-state index in [9.17, 15) is 0 Å². The summed E-state index contributed by atoms with van der Waals surface area (Å²) >= 11 is 0. The van der Waals surface area contributed by atoms with Gasteiger partial charge in [0.25, 0.3) is 0 Å². The average Bonchev–Trinajstić information content (AvgIpc) is 2.96. The highest BCUT2D eigenvalue weighted by molar-refractivity contribution is 5.98. The summed E-state index contributed by atoms with van der Waals surface area (Å²) in [6.45, 7) is 8.26. The summed E-state index contributed by atoms with van der Waals surface area (Å²) in [7, 11) is 0. The lowest BCUT2D eigenvalue weighted by Gasteiger charge is -2.10. The molecule has 0 bridgehead atoms. The monoisotopic (exact) mass is 366 g/mol. The van der Waals surface area contributed by atoms with Gasteiger partial charge in [-0.2, -0.15) is 0 Å². The number of nitrogens with one attached hydrogen (secondary N) is 2. The summed E-state index contributed by atoms with van der Waals surface area (Å²) in [4.78, 5) is 9.00. The van der Waals surface area contributed by atoms with Gasteiger partial charge in [0.2, 0.25) is 5.88 Å². The maximum Gasteiger partial charge on any atom is 0.219 e. The number of hydrogen-bond acceptors (Lipinski definition) is 5. The van der Waals surface area contributed by atoms with Crippen LogP contribution in [0, 0.1) is 5.92 Å². The molecular formula is C22H30N4O. The lowest BCUT2D eigenvalue weighted by molar-refractivity contribution is 0.462. The minimum atomic E-state index is 0.593. The number of aliphatic imine (C=N–C) groups is 1. The Labute approximate surface area is 162 Å². The number of rotatable bonds is 8. The summed E-state index contributed by atoms with van der Waals surface area (Å²) in [5.41, 5.74) is 2.26. The Morgan fingerprint density at radius 2 is 1.96 bits per heavy atom. The molecular weight excluding hydrogens is 336 g/mol. The molecule has 1 aliphatic rings. The molecule has 0 saturated carbocycles. The van der Waals surface area contributed by atoms with Crippen molar-refractivity contribution in [1.29, 1.82) is 0 Å². The van der Waals surface area contributed by atoms with Crippen LogP contribution in [-0.2, 0) is 6.54 Å². The first kappa shape index (κ1) is 19.4. The Morgan fingerprint density at radius 1 is 1.11 bits per heavy atom. The maximum atomic E-state index is 5.87. The molecule has 1 aliphatic heterocycles. The fourth-order valence-electron chi connectivity index (χ4n) is 2.88. The summed E-state index contributed by atoms with van der Waals surface area (Å²) in [5, 5.41) is 6.84. The van der Waals surface area contributed by atoms with Crippen molar-refractivity contribution in [1.82, 2.24) is 15.6 Å². The van der Waals surface area contributed by atoms with E-state index < -0.39 is 0 Å². The molecule has 2 N–H and O–H groups in total. The molecule has 0 unspecified atom stereocenters.